The quantitative estimate of drug-likeness (QED) is 0.929. The molecule has 1 saturated heterocycles. The molecule has 0 radical (unpaired) electrons. The van der Waals surface area contributed by atoms with E-state index in [2.05, 4.69) is 39.5 Å². The average Bonchev–Trinajstić information content (AvgIpc) is 2.64. The third-order valence-electron chi connectivity index (χ3n) is 5.54. The molecular weight excluding hydrogens is 312 g/mol. The Labute approximate surface area is 148 Å². The molecule has 0 bridgehead atoms. The van der Waals surface area contributed by atoms with E-state index in [1.54, 1.807) is 24.0 Å². The van der Waals surface area contributed by atoms with Crippen LogP contribution in [-0.4, -0.2) is 34.7 Å². The molecule has 2 heterocycles. The van der Waals surface area contributed by atoms with Gasteiger partial charge in [-0.1, -0.05) is 24.3 Å². The predicted molar refractivity (Wildman–Crippen MR) is 100 cm³/mol. The van der Waals surface area contributed by atoms with Crippen molar-refractivity contribution in [1.29, 1.82) is 0 Å². The lowest BCUT2D eigenvalue weighted by Gasteiger charge is -2.37. The molecule has 2 aromatic rings. The zero-order valence-corrected chi connectivity index (χ0v) is 14.8. The fourth-order valence-electron chi connectivity index (χ4n) is 4.18. The van der Waals surface area contributed by atoms with E-state index in [9.17, 15) is 4.79 Å². The smallest absolute Gasteiger partial charge is 0.293 e. The second-order valence-electron chi connectivity index (χ2n) is 7.33. The maximum Gasteiger partial charge on any atom is 0.293 e. The van der Waals surface area contributed by atoms with Gasteiger partial charge in [0.1, 0.15) is 0 Å². The van der Waals surface area contributed by atoms with Crippen LogP contribution in [0.1, 0.15) is 30.4 Å². The molecule has 2 aliphatic rings. The van der Waals surface area contributed by atoms with Crippen LogP contribution in [0.3, 0.4) is 0 Å². The van der Waals surface area contributed by atoms with Crippen LogP contribution < -0.4 is 15.8 Å². The zero-order chi connectivity index (χ0) is 17.2. The van der Waals surface area contributed by atoms with Crippen LogP contribution in [0.2, 0.25) is 0 Å². The van der Waals surface area contributed by atoms with E-state index in [-0.39, 0.29) is 5.56 Å². The molecule has 0 saturated carbocycles. The fraction of sp³-hybridized carbons (Fsp3) is 0.500. The summed E-state index contributed by atoms with van der Waals surface area (Å²) in [5, 5.41) is 3.85. The molecule has 1 aromatic heterocycles. The van der Waals surface area contributed by atoms with Gasteiger partial charge in [0.05, 0.1) is 0 Å². The van der Waals surface area contributed by atoms with E-state index < -0.39 is 0 Å². The maximum absolute atomic E-state index is 12.3. The molecule has 1 aromatic carbocycles. The van der Waals surface area contributed by atoms with Crippen LogP contribution >= 0.6 is 0 Å². The van der Waals surface area contributed by atoms with E-state index in [0.29, 0.717) is 17.9 Å². The number of nitrogens with zero attached hydrogens (tertiary/aromatic N) is 3. The minimum Gasteiger partial charge on any atom is -0.350 e. The van der Waals surface area contributed by atoms with Crippen LogP contribution in [0.25, 0.3) is 0 Å². The van der Waals surface area contributed by atoms with Crippen molar-refractivity contribution in [2.45, 2.75) is 44.2 Å². The first-order valence-electron chi connectivity index (χ1n) is 9.30. The summed E-state index contributed by atoms with van der Waals surface area (Å²) in [6.45, 7) is 1.78. The molecule has 2 atom stereocenters. The topological polar surface area (TPSA) is 50.2 Å². The van der Waals surface area contributed by atoms with Crippen molar-refractivity contribution < 1.29 is 0 Å². The first-order valence-corrected chi connectivity index (χ1v) is 9.30. The van der Waals surface area contributed by atoms with Crippen LogP contribution in [0, 0.1) is 0 Å². The van der Waals surface area contributed by atoms with Gasteiger partial charge in [0, 0.05) is 44.6 Å². The van der Waals surface area contributed by atoms with Crippen molar-refractivity contribution in [3.8, 4) is 0 Å². The Morgan fingerprint density at radius 3 is 2.88 bits per heavy atom. The van der Waals surface area contributed by atoms with E-state index >= 15 is 0 Å². The normalized spacial score (nSPS) is 23.3. The van der Waals surface area contributed by atoms with Gasteiger partial charge in [-0.3, -0.25) is 4.79 Å². The number of fused-ring (bicyclic) bond motifs is 1. The Kier molecular flexibility index (Phi) is 4.57. The Balaban J connectivity index is 1.42. The van der Waals surface area contributed by atoms with Gasteiger partial charge >= 0.3 is 0 Å². The minimum atomic E-state index is -0.00487. The number of benzene rings is 1. The van der Waals surface area contributed by atoms with Gasteiger partial charge in [-0.15, -0.1) is 0 Å². The zero-order valence-electron chi connectivity index (χ0n) is 14.8. The molecule has 5 heteroatoms. The third-order valence-corrected chi connectivity index (χ3v) is 5.54. The average molecular weight is 338 g/mol. The van der Waals surface area contributed by atoms with Crippen LogP contribution in [0.15, 0.2) is 41.5 Å². The van der Waals surface area contributed by atoms with Gasteiger partial charge in [0.2, 0.25) is 0 Å². The number of hydrogen-bond acceptors (Lipinski definition) is 4. The maximum atomic E-state index is 12.3. The molecule has 5 nitrogen and oxygen atoms in total. The summed E-state index contributed by atoms with van der Waals surface area (Å²) in [7, 11) is 1.78. The highest BCUT2D eigenvalue weighted by Crippen LogP contribution is 2.23. The molecule has 1 aliphatic carbocycles. The highest BCUT2D eigenvalue weighted by atomic mass is 16.1. The van der Waals surface area contributed by atoms with Crippen molar-refractivity contribution in [1.82, 2.24) is 14.9 Å². The summed E-state index contributed by atoms with van der Waals surface area (Å²) in [5.41, 5.74) is 2.98. The number of hydrogen-bond donors (Lipinski definition) is 1. The number of aromatic nitrogens is 2. The molecular formula is C20H26N4O. The lowest BCUT2D eigenvalue weighted by molar-refractivity contribution is 0.350. The summed E-state index contributed by atoms with van der Waals surface area (Å²) in [5.74, 6) is 0.588. The van der Waals surface area contributed by atoms with Crippen molar-refractivity contribution in [3.63, 3.8) is 0 Å². The highest BCUT2D eigenvalue weighted by molar-refractivity contribution is 5.36. The Bertz CT molecular complexity index is 800. The van der Waals surface area contributed by atoms with Crippen LogP contribution in [-0.2, 0) is 19.9 Å². The Morgan fingerprint density at radius 2 is 2.00 bits per heavy atom. The molecule has 1 N–H and O–H groups in total. The van der Waals surface area contributed by atoms with Crippen molar-refractivity contribution in [3.05, 3.63) is 58.1 Å². The van der Waals surface area contributed by atoms with Crippen molar-refractivity contribution in [2.75, 3.05) is 18.0 Å². The van der Waals surface area contributed by atoms with Gasteiger partial charge in [0.25, 0.3) is 5.56 Å². The van der Waals surface area contributed by atoms with E-state index in [1.807, 2.05) is 0 Å². The van der Waals surface area contributed by atoms with E-state index in [4.69, 9.17) is 0 Å². The summed E-state index contributed by atoms with van der Waals surface area (Å²) in [4.78, 5) is 18.8. The Hall–Kier alpha value is -2.14. The number of aryl methyl sites for hydroxylation is 2. The van der Waals surface area contributed by atoms with Crippen molar-refractivity contribution in [2.24, 2.45) is 7.05 Å². The number of rotatable bonds is 3. The van der Waals surface area contributed by atoms with Gasteiger partial charge < -0.3 is 14.8 Å². The van der Waals surface area contributed by atoms with E-state index in [0.717, 1.165) is 32.4 Å². The standard InChI is InChI=1S/C20H26N4O/c1-23-12-10-21-19(20(23)25)24-11-4-7-18(14-24)22-17-9-8-15-5-2-3-6-16(15)13-17/h2-3,5-6,10,12,17-18,22H,4,7-9,11,13-14H2,1H3/t17-,18+/m0/s1. The minimum absolute atomic E-state index is 0.00487. The molecule has 0 spiro atoms. The number of nitrogens with one attached hydrogen (secondary N) is 1. The Morgan fingerprint density at radius 1 is 1.16 bits per heavy atom. The monoisotopic (exact) mass is 338 g/mol. The largest absolute Gasteiger partial charge is 0.350 e. The molecule has 0 unspecified atom stereocenters. The van der Waals surface area contributed by atoms with E-state index in [1.165, 1.54) is 24.0 Å². The highest BCUT2D eigenvalue weighted by Gasteiger charge is 2.26. The molecule has 1 fully saturated rings. The molecule has 0 amide bonds. The predicted octanol–water partition coefficient (Wildman–Crippen LogP) is 1.90. The summed E-state index contributed by atoms with van der Waals surface area (Å²) < 4.78 is 1.61. The summed E-state index contributed by atoms with van der Waals surface area (Å²) in [6, 6.07) is 9.75. The lowest BCUT2D eigenvalue weighted by atomic mass is 9.87. The van der Waals surface area contributed by atoms with Crippen LogP contribution in [0.5, 0.6) is 0 Å². The van der Waals surface area contributed by atoms with Gasteiger partial charge in [-0.05, 0) is 43.2 Å². The molecule has 4 rings (SSSR count). The fourth-order valence-corrected chi connectivity index (χ4v) is 4.18. The van der Waals surface area contributed by atoms with Crippen molar-refractivity contribution >= 4 is 5.82 Å². The second kappa shape index (κ2) is 7.00. The van der Waals surface area contributed by atoms with Crippen LogP contribution in [0.4, 0.5) is 5.82 Å². The van der Waals surface area contributed by atoms with Gasteiger partial charge in [-0.2, -0.15) is 0 Å². The summed E-state index contributed by atoms with van der Waals surface area (Å²) in [6.07, 6.45) is 9.15. The SMILES string of the molecule is Cn1ccnc(N2CCC[C@@H](N[C@H]3CCc4ccccc4C3)C2)c1=O. The molecule has 132 valence electrons. The van der Waals surface area contributed by atoms with Gasteiger partial charge in [-0.25, -0.2) is 4.98 Å². The third kappa shape index (κ3) is 3.47. The second-order valence-corrected chi connectivity index (χ2v) is 7.33. The first-order chi connectivity index (χ1) is 12.2. The molecule has 1 aliphatic heterocycles. The first kappa shape index (κ1) is 16.3. The lowest BCUT2D eigenvalue weighted by Crippen LogP contribution is -2.51. The number of anilines is 1. The number of piperidine rings is 1. The van der Waals surface area contributed by atoms with Gasteiger partial charge in [0.15, 0.2) is 5.82 Å². The molecule has 25 heavy (non-hydrogen) atoms. The summed E-state index contributed by atoms with van der Waals surface area (Å²) >= 11 is 0.